The van der Waals surface area contributed by atoms with E-state index in [0.717, 1.165) is 38.4 Å². The van der Waals surface area contributed by atoms with Crippen LogP contribution in [0.3, 0.4) is 0 Å². The van der Waals surface area contributed by atoms with Crippen molar-refractivity contribution in [3.8, 4) is 67.2 Å². The van der Waals surface area contributed by atoms with Crippen LogP contribution in [0, 0.1) is 0 Å². The topological polar surface area (TPSA) is 25.8 Å². The summed E-state index contributed by atoms with van der Waals surface area (Å²) in [6.07, 6.45) is 0. The molecule has 0 atom stereocenters. The van der Waals surface area contributed by atoms with Gasteiger partial charge in [-0.15, -0.1) is 11.3 Å². The lowest BCUT2D eigenvalue weighted by atomic mass is 9.80. The van der Waals surface area contributed by atoms with Crippen LogP contribution < -0.4 is 0 Å². The van der Waals surface area contributed by atoms with E-state index in [0.29, 0.717) is 0 Å². The summed E-state index contributed by atoms with van der Waals surface area (Å²) in [6.45, 7) is 4.77. The third-order valence-electron chi connectivity index (χ3n) is 11.7. The van der Waals surface area contributed by atoms with Gasteiger partial charge in [-0.2, -0.15) is 0 Å². The van der Waals surface area contributed by atoms with Crippen LogP contribution in [0.25, 0.3) is 98.2 Å². The van der Waals surface area contributed by atoms with Crippen LogP contribution in [0.4, 0.5) is 0 Å². The normalized spacial score (nSPS) is 13.0. The van der Waals surface area contributed by atoms with Crippen LogP contribution in [0.1, 0.15) is 25.0 Å². The maximum Gasteiger partial charge on any atom is 0.160 e. The van der Waals surface area contributed by atoms with E-state index in [-0.39, 0.29) is 5.41 Å². The van der Waals surface area contributed by atoms with Gasteiger partial charge in [-0.25, -0.2) is 9.97 Å². The number of nitrogens with zero attached hydrogens (tertiary/aromatic N) is 2. The molecular weight excluding hydrogens is 697 g/mol. The Morgan fingerprint density at radius 1 is 0.429 bits per heavy atom. The van der Waals surface area contributed by atoms with Gasteiger partial charge in [0.05, 0.1) is 15.9 Å². The molecule has 0 saturated carbocycles. The first kappa shape index (κ1) is 32.7. The SMILES string of the molecule is CC1(C)c2cc(-c3ccc(-c4cccc(-c5nc(-c6ccccc6)nc6c5sc5ccccc56)c4)cc3)ccc2-c2c1cc1ccccc1c2-c1ccccc1. The van der Waals surface area contributed by atoms with Crippen molar-refractivity contribution in [3.63, 3.8) is 0 Å². The van der Waals surface area contributed by atoms with Gasteiger partial charge in [-0.05, 0) is 90.7 Å². The molecule has 8 aromatic carbocycles. The van der Waals surface area contributed by atoms with Gasteiger partial charge in [-0.1, -0.05) is 172 Å². The molecule has 10 aromatic rings. The minimum Gasteiger partial charge on any atom is -0.226 e. The van der Waals surface area contributed by atoms with E-state index >= 15 is 0 Å². The number of fused-ring (bicyclic) bond motifs is 7. The van der Waals surface area contributed by atoms with Crippen molar-refractivity contribution in [1.82, 2.24) is 9.97 Å². The molecule has 1 aliphatic carbocycles. The van der Waals surface area contributed by atoms with Gasteiger partial charge in [0, 0.05) is 26.6 Å². The van der Waals surface area contributed by atoms with E-state index in [9.17, 15) is 0 Å². The summed E-state index contributed by atoms with van der Waals surface area (Å²) in [5, 5.41) is 3.76. The van der Waals surface area contributed by atoms with Crippen molar-refractivity contribution >= 4 is 42.4 Å². The molecule has 0 aliphatic heterocycles. The fourth-order valence-electron chi connectivity index (χ4n) is 8.83. The summed E-state index contributed by atoms with van der Waals surface area (Å²) < 4.78 is 2.34. The molecule has 2 heterocycles. The highest BCUT2D eigenvalue weighted by Gasteiger charge is 2.38. The zero-order chi connectivity index (χ0) is 37.4. The van der Waals surface area contributed by atoms with E-state index in [1.54, 1.807) is 11.3 Å². The van der Waals surface area contributed by atoms with Crippen LogP contribution >= 0.6 is 11.3 Å². The maximum absolute atomic E-state index is 5.22. The predicted molar refractivity (Wildman–Crippen MR) is 237 cm³/mol. The minimum absolute atomic E-state index is 0.143. The van der Waals surface area contributed by atoms with Crippen molar-refractivity contribution in [2.75, 3.05) is 0 Å². The quantitative estimate of drug-likeness (QED) is 0.176. The molecule has 11 rings (SSSR count). The molecule has 1 aliphatic rings. The largest absolute Gasteiger partial charge is 0.226 e. The molecule has 0 N–H and O–H groups in total. The van der Waals surface area contributed by atoms with Gasteiger partial charge < -0.3 is 0 Å². The average molecular weight is 733 g/mol. The standard InChI is InChI=1S/C53H36N2S/c1-53(2)44-31-38(28-29-42(44)48-45(53)32-39-18-9-10-21-41(39)47(48)35-14-5-3-6-15-35)34-26-24-33(25-27-34)37-19-13-20-40(30-37)49-51-50(43-22-11-12-23-46(43)56-51)55-52(54-49)36-16-7-4-8-17-36/h3-32H,1-2H3. The van der Waals surface area contributed by atoms with Crippen molar-refractivity contribution in [2.45, 2.75) is 19.3 Å². The zero-order valence-corrected chi connectivity index (χ0v) is 31.9. The average Bonchev–Trinajstić information content (AvgIpc) is 3.74. The third-order valence-corrected chi connectivity index (χ3v) is 12.9. The third kappa shape index (κ3) is 5.16. The first-order valence-electron chi connectivity index (χ1n) is 19.2. The van der Waals surface area contributed by atoms with E-state index < -0.39 is 0 Å². The Morgan fingerprint density at radius 3 is 1.80 bits per heavy atom. The monoisotopic (exact) mass is 732 g/mol. The summed E-state index contributed by atoms with van der Waals surface area (Å²) in [4.78, 5) is 10.3. The van der Waals surface area contributed by atoms with Gasteiger partial charge in [0.1, 0.15) is 0 Å². The second-order valence-corrected chi connectivity index (χ2v) is 16.4. The summed E-state index contributed by atoms with van der Waals surface area (Å²) in [5.74, 6) is 0.747. The van der Waals surface area contributed by atoms with Crippen LogP contribution in [-0.4, -0.2) is 9.97 Å². The summed E-state index contributed by atoms with van der Waals surface area (Å²) >= 11 is 1.77. The highest BCUT2D eigenvalue weighted by atomic mass is 32.1. The summed E-state index contributed by atoms with van der Waals surface area (Å²) in [6, 6.07) is 65.9. The van der Waals surface area contributed by atoms with Crippen LogP contribution in [-0.2, 0) is 5.41 Å². The fourth-order valence-corrected chi connectivity index (χ4v) is 9.99. The molecule has 0 amide bonds. The molecule has 2 nitrogen and oxygen atoms in total. The lowest BCUT2D eigenvalue weighted by Crippen LogP contribution is -2.15. The Kier molecular flexibility index (Phi) is 7.42. The minimum atomic E-state index is -0.143. The summed E-state index contributed by atoms with van der Waals surface area (Å²) in [5.41, 5.74) is 16.8. The van der Waals surface area contributed by atoms with E-state index in [2.05, 4.69) is 178 Å². The van der Waals surface area contributed by atoms with Gasteiger partial charge in [0.2, 0.25) is 0 Å². The number of hydrogen-bond donors (Lipinski definition) is 0. The van der Waals surface area contributed by atoms with Crippen LogP contribution in [0.15, 0.2) is 182 Å². The van der Waals surface area contributed by atoms with Crippen molar-refractivity contribution in [1.29, 1.82) is 0 Å². The second-order valence-electron chi connectivity index (χ2n) is 15.3. The highest BCUT2D eigenvalue weighted by molar-refractivity contribution is 7.26. The van der Waals surface area contributed by atoms with Gasteiger partial charge in [0.25, 0.3) is 0 Å². The van der Waals surface area contributed by atoms with Gasteiger partial charge in [0.15, 0.2) is 5.82 Å². The molecule has 0 radical (unpaired) electrons. The van der Waals surface area contributed by atoms with E-state index in [1.807, 2.05) is 18.2 Å². The molecular formula is C53H36N2S. The molecule has 3 heteroatoms. The van der Waals surface area contributed by atoms with E-state index in [1.165, 1.54) is 70.9 Å². The Labute approximate surface area is 330 Å². The number of hydrogen-bond acceptors (Lipinski definition) is 3. The highest BCUT2D eigenvalue weighted by Crippen LogP contribution is 2.55. The van der Waals surface area contributed by atoms with Crippen LogP contribution in [0.5, 0.6) is 0 Å². The lowest BCUT2D eigenvalue weighted by molar-refractivity contribution is 0.661. The molecule has 0 spiro atoms. The first-order valence-corrected chi connectivity index (χ1v) is 20.1. The summed E-state index contributed by atoms with van der Waals surface area (Å²) in [7, 11) is 0. The van der Waals surface area contributed by atoms with Crippen LogP contribution in [0.2, 0.25) is 0 Å². The molecule has 0 unspecified atom stereocenters. The molecule has 0 saturated heterocycles. The van der Waals surface area contributed by atoms with Gasteiger partial charge >= 0.3 is 0 Å². The van der Waals surface area contributed by atoms with Gasteiger partial charge in [-0.3, -0.25) is 0 Å². The smallest absolute Gasteiger partial charge is 0.160 e. The maximum atomic E-state index is 5.22. The van der Waals surface area contributed by atoms with Crippen molar-refractivity contribution in [2.24, 2.45) is 0 Å². The number of thiophene rings is 1. The molecule has 0 fully saturated rings. The molecule has 0 bridgehead atoms. The molecule has 56 heavy (non-hydrogen) atoms. The Bertz CT molecular complexity index is 3140. The molecule has 2 aromatic heterocycles. The number of benzene rings is 8. The fraction of sp³-hybridized carbons (Fsp3) is 0.0566. The first-order chi connectivity index (χ1) is 27.5. The Balaban J connectivity index is 0.977. The van der Waals surface area contributed by atoms with E-state index in [4.69, 9.17) is 9.97 Å². The van der Waals surface area contributed by atoms with Crippen molar-refractivity contribution < 1.29 is 0 Å². The van der Waals surface area contributed by atoms with Crippen molar-refractivity contribution in [3.05, 3.63) is 193 Å². The predicted octanol–water partition coefficient (Wildman–Crippen LogP) is 14.6. The molecule has 264 valence electrons. The second kappa shape index (κ2) is 12.7. The zero-order valence-electron chi connectivity index (χ0n) is 31.1. The number of aromatic nitrogens is 2. The number of rotatable bonds is 5. The Morgan fingerprint density at radius 2 is 1.04 bits per heavy atom. The lowest BCUT2D eigenvalue weighted by Gasteiger charge is -2.23. The Hall–Kier alpha value is -6.68.